The van der Waals surface area contributed by atoms with Crippen molar-refractivity contribution >= 4 is 23.4 Å². The van der Waals surface area contributed by atoms with E-state index in [2.05, 4.69) is 0 Å². The SMILES string of the molecule is O=C(CSc1ccc([N+](=O)[O-])cc1)Oc1ccccc1C(F)(F)F. The van der Waals surface area contributed by atoms with Crippen LogP contribution in [0.3, 0.4) is 0 Å². The van der Waals surface area contributed by atoms with Crippen LogP contribution in [-0.4, -0.2) is 16.6 Å². The van der Waals surface area contributed by atoms with Crippen LogP contribution in [0.5, 0.6) is 5.75 Å². The molecule has 0 aromatic heterocycles. The molecule has 2 aromatic rings. The van der Waals surface area contributed by atoms with Crippen LogP contribution in [0.2, 0.25) is 0 Å². The van der Waals surface area contributed by atoms with Crippen LogP contribution in [0, 0.1) is 10.1 Å². The number of rotatable bonds is 5. The summed E-state index contributed by atoms with van der Waals surface area (Å²) in [5, 5.41) is 10.5. The van der Waals surface area contributed by atoms with Gasteiger partial charge in [0, 0.05) is 17.0 Å². The fraction of sp³-hybridized carbons (Fsp3) is 0.133. The van der Waals surface area contributed by atoms with Crippen LogP contribution in [0.4, 0.5) is 18.9 Å². The molecular formula is C15H10F3NO4S. The molecule has 24 heavy (non-hydrogen) atoms. The van der Waals surface area contributed by atoms with Crippen molar-refractivity contribution in [1.82, 2.24) is 0 Å². The number of esters is 1. The number of carbonyl (C=O) groups excluding carboxylic acids is 1. The van der Waals surface area contributed by atoms with Crippen molar-refractivity contribution in [3.8, 4) is 5.75 Å². The zero-order valence-electron chi connectivity index (χ0n) is 11.9. The minimum Gasteiger partial charge on any atom is -0.425 e. The van der Waals surface area contributed by atoms with Crippen molar-refractivity contribution in [2.75, 3.05) is 5.75 Å². The Morgan fingerprint density at radius 1 is 1.12 bits per heavy atom. The molecular weight excluding hydrogens is 347 g/mol. The van der Waals surface area contributed by atoms with Gasteiger partial charge in [0.05, 0.1) is 16.2 Å². The van der Waals surface area contributed by atoms with Crippen LogP contribution >= 0.6 is 11.8 Å². The number of thioether (sulfide) groups is 1. The largest absolute Gasteiger partial charge is 0.425 e. The van der Waals surface area contributed by atoms with Gasteiger partial charge < -0.3 is 4.74 Å². The van der Waals surface area contributed by atoms with Crippen LogP contribution < -0.4 is 4.74 Å². The lowest BCUT2D eigenvalue weighted by molar-refractivity contribution is -0.384. The van der Waals surface area contributed by atoms with Crippen LogP contribution in [0.1, 0.15) is 5.56 Å². The highest BCUT2D eigenvalue weighted by Crippen LogP contribution is 2.36. The quantitative estimate of drug-likeness (QED) is 0.262. The van der Waals surface area contributed by atoms with E-state index in [1.165, 1.54) is 36.4 Å². The molecule has 0 heterocycles. The van der Waals surface area contributed by atoms with Gasteiger partial charge in [-0.15, -0.1) is 11.8 Å². The number of para-hydroxylation sites is 1. The number of ether oxygens (including phenoxy) is 1. The average Bonchev–Trinajstić information content (AvgIpc) is 2.53. The molecule has 0 aliphatic heterocycles. The molecule has 0 saturated carbocycles. The van der Waals surface area contributed by atoms with Gasteiger partial charge in [-0.25, -0.2) is 0 Å². The summed E-state index contributed by atoms with van der Waals surface area (Å²) in [7, 11) is 0. The Kier molecular flexibility index (Phi) is 5.45. The number of hydrogen-bond donors (Lipinski definition) is 0. The Morgan fingerprint density at radius 2 is 1.75 bits per heavy atom. The zero-order valence-corrected chi connectivity index (χ0v) is 12.8. The average molecular weight is 357 g/mol. The Morgan fingerprint density at radius 3 is 2.33 bits per heavy atom. The van der Waals surface area contributed by atoms with E-state index in [9.17, 15) is 28.1 Å². The lowest BCUT2D eigenvalue weighted by Crippen LogP contribution is -2.15. The third kappa shape index (κ3) is 4.72. The van der Waals surface area contributed by atoms with Gasteiger partial charge in [-0.2, -0.15) is 13.2 Å². The van der Waals surface area contributed by atoms with E-state index in [1.807, 2.05) is 0 Å². The molecule has 5 nitrogen and oxygen atoms in total. The lowest BCUT2D eigenvalue weighted by atomic mass is 10.2. The predicted molar refractivity (Wildman–Crippen MR) is 80.9 cm³/mol. The van der Waals surface area contributed by atoms with Gasteiger partial charge >= 0.3 is 12.1 Å². The summed E-state index contributed by atoms with van der Waals surface area (Å²) in [4.78, 5) is 22.2. The molecule has 0 unspecified atom stereocenters. The van der Waals surface area contributed by atoms with E-state index in [1.54, 1.807) is 0 Å². The van der Waals surface area contributed by atoms with Gasteiger partial charge in [0.25, 0.3) is 5.69 Å². The third-order valence-corrected chi connectivity index (χ3v) is 3.81. The Bertz CT molecular complexity index is 747. The van der Waals surface area contributed by atoms with E-state index in [0.717, 1.165) is 23.9 Å². The number of benzene rings is 2. The van der Waals surface area contributed by atoms with E-state index >= 15 is 0 Å². The van der Waals surface area contributed by atoms with Gasteiger partial charge in [0.2, 0.25) is 0 Å². The molecule has 0 N–H and O–H groups in total. The van der Waals surface area contributed by atoms with Crippen LogP contribution in [-0.2, 0) is 11.0 Å². The normalized spacial score (nSPS) is 11.1. The number of non-ortho nitro benzene ring substituents is 1. The number of nitrogens with zero attached hydrogens (tertiary/aromatic N) is 1. The second-order valence-corrected chi connectivity index (χ2v) is 5.56. The minimum atomic E-state index is -4.62. The molecule has 0 bridgehead atoms. The molecule has 0 radical (unpaired) electrons. The predicted octanol–water partition coefficient (Wildman–Crippen LogP) is 4.31. The fourth-order valence-electron chi connectivity index (χ4n) is 1.75. The van der Waals surface area contributed by atoms with Crippen molar-refractivity contribution < 1.29 is 27.6 Å². The topological polar surface area (TPSA) is 69.4 Å². The van der Waals surface area contributed by atoms with Crippen LogP contribution in [0.25, 0.3) is 0 Å². The van der Waals surface area contributed by atoms with Gasteiger partial charge in [0.1, 0.15) is 5.75 Å². The second kappa shape index (κ2) is 7.35. The number of alkyl halides is 3. The zero-order chi connectivity index (χ0) is 17.7. The highest BCUT2D eigenvalue weighted by atomic mass is 32.2. The standard InChI is InChI=1S/C15H10F3NO4S/c16-15(17,18)12-3-1-2-4-13(12)23-14(20)9-24-11-7-5-10(6-8-11)19(21)22/h1-8H,9H2. The number of halogens is 3. The van der Waals surface area contributed by atoms with Crippen molar-refractivity contribution in [3.05, 3.63) is 64.2 Å². The Balaban J connectivity index is 1.98. The molecule has 0 fully saturated rings. The number of nitro benzene ring substituents is 1. The number of hydrogen-bond acceptors (Lipinski definition) is 5. The minimum absolute atomic E-state index is 0.0963. The van der Waals surface area contributed by atoms with E-state index < -0.39 is 28.4 Å². The van der Waals surface area contributed by atoms with E-state index in [-0.39, 0.29) is 11.4 Å². The van der Waals surface area contributed by atoms with Crippen LogP contribution in [0.15, 0.2) is 53.4 Å². The highest BCUT2D eigenvalue weighted by Gasteiger charge is 2.34. The number of nitro groups is 1. The molecule has 0 spiro atoms. The summed E-state index contributed by atoms with van der Waals surface area (Å²) >= 11 is 1.00. The van der Waals surface area contributed by atoms with Gasteiger partial charge in [-0.1, -0.05) is 12.1 Å². The van der Waals surface area contributed by atoms with Gasteiger partial charge in [-0.05, 0) is 24.3 Å². The first-order valence-corrected chi connectivity index (χ1v) is 7.50. The molecule has 0 aliphatic carbocycles. The maximum atomic E-state index is 12.8. The Hall–Kier alpha value is -2.55. The fourth-order valence-corrected chi connectivity index (χ4v) is 2.42. The summed E-state index contributed by atoms with van der Waals surface area (Å²) in [5.41, 5.74) is -1.13. The molecule has 9 heteroatoms. The monoisotopic (exact) mass is 357 g/mol. The summed E-state index contributed by atoms with van der Waals surface area (Å²) in [5.74, 6) is -1.64. The van der Waals surface area contributed by atoms with Crippen molar-refractivity contribution in [1.29, 1.82) is 0 Å². The van der Waals surface area contributed by atoms with Gasteiger partial charge in [-0.3, -0.25) is 14.9 Å². The van der Waals surface area contributed by atoms with Crippen molar-refractivity contribution in [3.63, 3.8) is 0 Å². The smallest absolute Gasteiger partial charge is 0.419 e. The lowest BCUT2D eigenvalue weighted by Gasteiger charge is -2.12. The van der Waals surface area contributed by atoms with Crippen molar-refractivity contribution in [2.45, 2.75) is 11.1 Å². The third-order valence-electron chi connectivity index (χ3n) is 2.82. The molecule has 2 aromatic carbocycles. The van der Waals surface area contributed by atoms with Crippen molar-refractivity contribution in [2.24, 2.45) is 0 Å². The summed E-state index contributed by atoms with van der Waals surface area (Å²) in [6, 6.07) is 9.86. The van der Waals surface area contributed by atoms with E-state index in [0.29, 0.717) is 4.90 Å². The first-order chi connectivity index (χ1) is 11.3. The Labute approximate surface area is 138 Å². The second-order valence-electron chi connectivity index (χ2n) is 4.51. The summed E-state index contributed by atoms with van der Waals surface area (Å²) in [6.07, 6.45) is -4.62. The maximum Gasteiger partial charge on any atom is 0.419 e. The first-order valence-electron chi connectivity index (χ1n) is 6.51. The first kappa shape index (κ1) is 17.8. The number of carbonyl (C=O) groups is 1. The van der Waals surface area contributed by atoms with Gasteiger partial charge in [0.15, 0.2) is 0 Å². The molecule has 126 valence electrons. The highest BCUT2D eigenvalue weighted by molar-refractivity contribution is 8.00. The maximum absolute atomic E-state index is 12.8. The molecule has 0 aliphatic rings. The molecule has 0 amide bonds. The summed E-state index contributed by atoms with van der Waals surface area (Å²) < 4.78 is 43.2. The molecule has 2 rings (SSSR count). The molecule has 0 saturated heterocycles. The summed E-state index contributed by atoms with van der Waals surface area (Å²) in [6.45, 7) is 0. The van der Waals surface area contributed by atoms with E-state index in [4.69, 9.17) is 4.74 Å². The molecule has 0 atom stereocenters.